The molecule has 0 aromatic carbocycles. The Kier molecular flexibility index (Phi) is 6.18. The lowest BCUT2D eigenvalue weighted by Gasteiger charge is -1.92. The van der Waals surface area contributed by atoms with Gasteiger partial charge in [-0.3, -0.25) is 0 Å². The van der Waals surface area contributed by atoms with Crippen molar-refractivity contribution >= 4 is 11.6 Å². The van der Waals surface area contributed by atoms with Crippen molar-refractivity contribution in [3.05, 3.63) is 11.6 Å². The minimum Gasteiger partial charge on any atom is -0.122 e. The van der Waals surface area contributed by atoms with E-state index in [2.05, 4.69) is 19.9 Å². The summed E-state index contributed by atoms with van der Waals surface area (Å²) in [6.45, 7) is 4.27. The average molecular weight is 147 g/mol. The Morgan fingerprint density at radius 2 is 2.22 bits per heavy atom. The Morgan fingerprint density at radius 1 is 1.56 bits per heavy atom. The molecule has 0 nitrogen and oxygen atoms in total. The summed E-state index contributed by atoms with van der Waals surface area (Å²) >= 11 is 5.56. The maximum absolute atomic E-state index is 5.56. The second-order valence-electron chi connectivity index (χ2n) is 2.33. The summed E-state index contributed by atoms with van der Waals surface area (Å²) in [5.41, 5.74) is 1.30. The average Bonchev–Trinajstić information content (AvgIpc) is 1.89. The van der Waals surface area contributed by atoms with Crippen LogP contribution in [0.25, 0.3) is 0 Å². The molecular formula is C8H15Cl. The number of hydrogen-bond donors (Lipinski definition) is 0. The van der Waals surface area contributed by atoms with E-state index in [-0.39, 0.29) is 0 Å². The van der Waals surface area contributed by atoms with Gasteiger partial charge in [-0.25, -0.2) is 0 Å². The number of rotatable bonds is 4. The number of allylic oxidation sites excluding steroid dienone is 2. The monoisotopic (exact) mass is 146 g/mol. The maximum Gasteiger partial charge on any atom is 0.0430 e. The summed E-state index contributed by atoms with van der Waals surface area (Å²) in [4.78, 5) is 0. The molecule has 0 aromatic heterocycles. The first-order valence-corrected chi connectivity index (χ1v) is 4.06. The van der Waals surface area contributed by atoms with E-state index in [1.165, 1.54) is 24.8 Å². The highest BCUT2D eigenvalue weighted by Gasteiger charge is 1.83. The van der Waals surface area contributed by atoms with Crippen LogP contribution in [0, 0.1) is 0 Å². The van der Waals surface area contributed by atoms with Gasteiger partial charge in [0.05, 0.1) is 0 Å². The minimum absolute atomic E-state index is 0.684. The van der Waals surface area contributed by atoms with Crippen LogP contribution in [0.4, 0.5) is 0 Å². The van der Waals surface area contributed by atoms with E-state index < -0.39 is 0 Å². The fourth-order valence-corrected chi connectivity index (χ4v) is 0.716. The Bertz CT molecular complexity index is 84.6. The van der Waals surface area contributed by atoms with Crippen LogP contribution in [0.5, 0.6) is 0 Å². The van der Waals surface area contributed by atoms with Crippen LogP contribution in [0.15, 0.2) is 11.6 Å². The molecule has 0 bridgehead atoms. The van der Waals surface area contributed by atoms with Crippen molar-refractivity contribution in [2.24, 2.45) is 0 Å². The van der Waals surface area contributed by atoms with Crippen molar-refractivity contribution in [3.63, 3.8) is 0 Å². The zero-order valence-corrected chi connectivity index (χ0v) is 7.04. The molecule has 0 N–H and O–H groups in total. The van der Waals surface area contributed by atoms with Gasteiger partial charge in [0, 0.05) is 5.88 Å². The summed E-state index contributed by atoms with van der Waals surface area (Å²) < 4.78 is 0. The molecule has 0 aliphatic carbocycles. The molecule has 0 aliphatic rings. The van der Waals surface area contributed by atoms with Gasteiger partial charge in [0.2, 0.25) is 0 Å². The Labute approximate surface area is 62.9 Å². The van der Waals surface area contributed by atoms with Gasteiger partial charge in [-0.1, -0.05) is 31.4 Å². The SMILES string of the molecule is CCCC/C=C(/C)CCl. The van der Waals surface area contributed by atoms with E-state index in [1.807, 2.05) is 0 Å². The van der Waals surface area contributed by atoms with Crippen LogP contribution in [-0.2, 0) is 0 Å². The summed E-state index contributed by atoms with van der Waals surface area (Å²) in [6, 6.07) is 0. The van der Waals surface area contributed by atoms with Gasteiger partial charge in [0.25, 0.3) is 0 Å². The fourth-order valence-electron chi connectivity index (χ4n) is 0.607. The first-order chi connectivity index (χ1) is 4.31. The Morgan fingerprint density at radius 3 is 2.67 bits per heavy atom. The van der Waals surface area contributed by atoms with Crippen molar-refractivity contribution in [2.75, 3.05) is 5.88 Å². The largest absolute Gasteiger partial charge is 0.122 e. The fraction of sp³-hybridized carbons (Fsp3) is 0.750. The maximum atomic E-state index is 5.56. The lowest BCUT2D eigenvalue weighted by atomic mass is 10.2. The van der Waals surface area contributed by atoms with E-state index in [4.69, 9.17) is 11.6 Å². The van der Waals surface area contributed by atoms with Crippen LogP contribution in [-0.4, -0.2) is 5.88 Å². The van der Waals surface area contributed by atoms with E-state index in [0.29, 0.717) is 5.88 Å². The van der Waals surface area contributed by atoms with Crippen LogP contribution in [0.2, 0.25) is 0 Å². The number of halogens is 1. The normalized spacial score (nSPS) is 12.1. The molecule has 0 atom stereocenters. The zero-order chi connectivity index (χ0) is 7.11. The van der Waals surface area contributed by atoms with Crippen LogP contribution < -0.4 is 0 Å². The molecule has 0 heterocycles. The van der Waals surface area contributed by atoms with Crippen molar-refractivity contribution in [3.8, 4) is 0 Å². The van der Waals surface area contributed by atoms with Gasteiger partial charge >= 0.3 is 0 Å². The molecule has 0 aliphatic heterocycles. The van der Waals surface area contributed by atoms with Crippen molar-refractivity contribution in [1.82, 2.24) is 0 Å². The Balaban J connectivity index is 3.21. The molecule has 0 radical (unpaired) electrons. The third-order valence-corrected chi connectivity index (χ3v) is 1.68. The highest BCUT2D eigenvalue weighted by atomic mass is 35.5. The molecular weight excluding hydrogens is 132 g/mol. The third kappa shape index (κ3) is 5.91. The molecule has 9 heavy (non-hydrogen) atoms. The molecule has 54 valence electrons. The standard InChI is InChI=1S/C8H15Cl/c1-3-4-5-6-8(2)7-9/h6H,3-5,7H2,1-2H3/b8-6-. The molecule has 1 heteroatoms. The van der Waals surface area contributed by atoms with Crippen molar-refractivity contribution in [2.45, 2.75) is 33.1 Å². The second kappa shape index (κ2) is 6.15. The second-order valence-corrected chi connectivity index (χ2v) is 2.59. The van der Waals surface area contributed by atoms with Crippen LogP contribution >= 0.6 is 11.6 Å². The molecule has 0 rings (SSSR count). The van der Waals surface area contributed by atoms with Crippen molar-refractivity contribution in [1.29, 1.82) is 0 Å². The van der Waals surface area contributed by atoms with E-state index in [0.717, 1.165) is 0 Å². The van der Waals surface area contributed by atoms with Gasteiger partial charge in [-0.2, -0.15) is 0 Å². The topological polar surface area (TPSA) is 0 Å². The minimum atomic E-state index is 0.684. The van der Waals surface area contributed by atoms with Gasteiger partial charge < -0.3 is 0 Å². The number of unbranched alkanes of at least 4 members (excludes halogenated alkanes) is 2. The summed E-state index contributed by atoms with van der Waals surface area (Å²) in [5.74, 6) is 0.684. The van der Waals surface area contributed by atoms with Gasteiger partial charge in [-0.15, -0.1) is 11.6 Å². The number of hydrogen-bond acceptors (Lipinski definition) is 0. The van der Waals surface area contributed by atoms with Gasteiger partial charge in [0.1, 0.15) is 0 Å². The smallest absolute Gasteiger partial charge is 0.0430 e. The molecule has 0 amide bonds. The highest BCUT2D eigenvalue weighted by molar-refractivity contribution is 6.19. The van der Waals surface area contributed by atoms with Gasteiger partial charge in [0.15, 0.2) is 0 Å². The molecule has 0 saturated carbocycles. The summed E-state index contributed by atoms with van der Waals surface area (Å²) in [6.07, 6.45) is 5.96. The third-order valence-electron chi connectivity index (χ3n) is 1.26. The van der Waals surface area contributed by atoms with E-state index in [9.17, 15) is 0 Å². The van der Waals surface area contributed by atoms with E-state index >= 15 is 0 Å². The lowest BCUT2D eigenvalue weighted by molar-refractivity contribution is 0.811. The molecule has 0 spiro atoms. The predicted octanol–water partition coefficient (Wildman–Crippen LogP) is 3.36. The zero-order valence-electron chi connectivity index (χ0n) is 6.28. The van der Waals surface area contributed by atoms with Crippen LogP contribution in [0.3, 0.4) is 0 Å². The highest BCUT2D eigenvalue weighted by Crippen LogP contribution is 2.01. The van der Waals surface area contributed by atoms with Gasteiger partial charge in [-0.05, 0) is 13.3 Å². The predicted molar refractivity (Wildman–Crippen MR) is 44.0 cm³/mol. The first-order valence-electron chi connectivity index (χ1n) is 3.52. The van der Waals surface area contributed by atoms with Crippen LogP contribution in [0.1, 0.15) is 33.1 Å². The Hall–Kier alpha value is 0.0300. The lowest BCUT2D eigenvalue weighted by Crippen LogP contribution is -1.76. The number of alkyl halides is 1. The first kappa shape index (κ1) is 9.03. The quantitative estimate of drug-likeness (QED) is 0.324. The molecule has 0 aromatic rings. The van der Waals surface area contributed by atoms with E-state index in [1.54, 1.807) is 0 Å². The summed E-state index contributed by atoms with van der Waals surface area (Å²) in [7, 11) is 0. The van der Waals surface area contributed by atoms with Crippen molar-refractivity contribution < 1.29 is 0 Å². The molecule has 0 unspecified atom stereocenters. The summed E-state index contributed by atoms with van der Waals surface area (Å²) in [5, 5.41) is 0. The molecule has 0 fully saturated rings. The molecule has 0 saturated heterocycles.